The van der Waals surface area contributed by atoms with E-state index in [1.54, 1.807) is 0 Å². The Morgan fingerprint density at radius 1 is 1.41 bits per heavy atom. The molecule has 3 fully saturated rings. The van der Waals surface area contributed by atoms with Crippen molar-refractivity contribution < 1.29 is 4.79 Å². The summed E-state index contributed by atoms with van der Waals surface area (Å²) in [5.41, 5.74) is 0.377. The molecule has 0 aromatic carbocycles. The van der Waals surface area contributed by atoms with Crippen molar-refractivity contribution in [3.05, 3.63) is 0 Å². The zero-order chi connectivity index (χ0) is 11.9. The molecule has 3 aliphatic rings. The lowest BCUT2D eigenvalue weighted by molar-refractivity contribution is -0.137. The lowest BCUT2D eigenvalue weighted by atomic mass is 9.89. The van der Waals surface area contributed by atoms with E-state index in [0.29, 0.717) is 23.9 Å². The molecule has 1 saturated carbocycles. The maximum atomic E-state index is 12.0. The minimum Gasteiger partial charge on any atom is -0.337 e. The van der Waals surface area contributed by atoms with Crippen LogP contribution in [0.3, 0.4) is 0 Å². The molecule has 17 heavy (non-hydrogen) atoms. The Balaban J connectivity index is 1.54. The van der Waals surface area contributed by atoms with Crippen LogP contribution in [0.2, 0.25) is 0 Å². The standard InChI is InChI=1S/C13H23N3O/c1-13(4-5-14-9-13)10-15-6-7-16(11-2-3-11)12(17)8-15/h11,14H,2-10H2,1H3. The molecule has 2 saturated heterocycles. The summed E-state index contributed by atoms with van der Waals surface area (Å²) in [5, 5.41) is 3.43. The molecule has 2 heterocycles. The number of amides is 1. The number of carbonyl (C=O) groups is 1. The van der Waals surface area contributed by atoms with Gasteiger partial charge in [-0.25, -0.2) is 0 Å². The van der Waals surface area contributed by atoms with Crippen molar-refractivity contribution in [1.29, 1.82) is 0 Å². The fourth-order valence-electron chi connectivity index (χ4n) is 3.19. The Morgan fingerprint density at radius 3 is 2.82 bits per heavy atom. The van der Waals surface area contributed by atoms with E-state index in [9.17, 15) is 4.79 Å². The van der Waals surface area contributed by atoms with Crippen LogP contribution < -0.4 is 5.32 Å². The van der Waals surface area contributed by atoms with E-state index in [4.69, 9.17) is 0 Å². The van der Waals surface area contributed by atoms with Gasteiger partial charge < -0.3 is 10.2 Å². The minimum atomic E-state index is 0.355. The average molecular weight is 237 g/mol. The molecular formula is C13H23N3O. The molecule has 1 unspecified atom stereocenters. The Hall–Kier alpha value is -0.610. The number of carbonyl (C=O) groups excluding carboxylic acids is 1. The third-order valence-corrected chi connectivity index (χ3v) is 4.39. The summed E-state index contributed by atoms with van der Waals surface area (Å²) >= 11 is 0. The van der Waals surface area contributed by atoms with Gasteiger partial charge in [0.2, 0.25) is 5.91 Å². The van der Waals surface area contributed by atoms with Crippen LogP contribution in [0.5, 0.6) is 0 Å². The van der Waals surface area contributed by atoms with Crippen LogP contribution >= 0.6 is 0 Å². The number of nitrogens with one attached hydrogen (secondary N) is 1. The summed E-state index contributed by atoms with van der Waals surface area (Å²) in [4.78, 5) is 16.5. The molecule has 1 aliphatic carbocycles. The summed E-state index contributed by atoms with van der Waals surface area (Å²) < 4.78 is 0. The van der Waals surface area contributed by atoms with Gasteiger partial charge in [-0.15, -0.1) is 0 Å². The lowest BCUT2D eigenvalue weighted by Gasteiger charge is -2.38. The van der Waals surface area contributed by atoms with Crippen molar-refractivity contribution in [3.8, 4) is 0 Å². The molecule has 0 aromatic heterocycles. The highest BCUT2D eigenvalue weighted by molar-refractivity contribution is 5.79. The number of piperazine rings is 1. The molecule has 2 aliphatic heterocycles. The van der Waals surface area contributed by atoms with E-state index in [-0.39, 0.29) is 0 Å². The van der Waals surface area contributed by atoms with Crippen LogP contribution in [-0.2, 0) is 4.79 Å². The third kappa shape index (κ3) is 2.47. The SMILES string of the molecule is CC1(CN2CCN(C3CC3)C(=O)C2)CCNC1. The van der Waals surface area contributed by atoms with Crippen LogP contribution in [-0.4, -0.2) is 61.0 Å². The highest BCUT2D eigenvalue weighted by Gasteiger charge is 2.38. The molecule has 4 heteroatoms. The molecule has 1 N–H and O–H groups in total. The van der Waals surface area contributed by atoms with Crippen LogP contribution in [0.25, 0.3) is 0 Å². The molecular weight excluding hydrogens is 214 g/mol. The van der Waals surface area contributed by atoms with Gasteiger partial charge in [-0.1, -0.05) is 6.92 Å². The normalized spacial score (nSPS) is 35.6. The molecule has 0 aromatic rings. The van der Waals surface area contributed by atoms with Crippen molar-refractivity contribution >= 4 is 5.91 Å². The summed E-state index contributed by atoms with van der Waals surface area (Å²) in [7, 11) is 0. The molecule has 4 nitrogen and oxygen atoms in total. The summed E-state index contributed by atoms with van der Waals surface area (Å²) in [6.45, 7) is 8.31. The van der Waals surface area contributed by atoms with Gasteiger partial charge >= 0.3 is 0 Å². The maximum Gasteiger partial charge on any atom is 0.237 e. The second-order valence-electron chi connectivity index (χ2n) is 6.27. The molecule has 96 valence electrons. The molecule has 3 rings (SSSR count). The molecule has 0 radical (unpaired) electrons. The van der Waals surface area contributed by atoms with Gasteiger partial charge in [0.15, 0.2) is 0 Å². The highest BCUT2D eigenvalue weighted by atomic mass is 16.2. The van der Waals surface area contributed by atoms with Crippen molar-refractivity contribution in [2.75, 3.05) is 39.3 Å². The van der Waals surface area contributed by atoms with Gasteiger partial charge in [0, 0.05) is 32.2 Å². The van der Waals surface area contributed by atoms with Gasteiger partial charge in [-0.05, 0) is 31.2 Å². The van der Waals surface area contributed by atoms with Gasteiger partial charge in [0.05, 0.1) is 6.54 Å². The summed E-state index contributed by atoms with van der Waals surface area (Å²) in [5.74, 6) is 0.355. The van der Waals surface area contributed by atoms with Gasteiger partial charge in [-0.2, -0.15) is 0 Å². The maximum absolute atomic E-state index is 12.0. The quantitative estimate of drug-likeness (QED) is 0.766. The number of hydrogen-bond acceptors (Lipinski definition) is 3. The molecule has 0 spiro atoms. The Bertz CT molecular complexity index is 308. The zero-order valence-corrected chi connectivity index (χ0v) is 10.7. The van der Waals surface area contributed by atoms with E-state index >= 15 is 0 Å². The van der Waals surface area contributed by atoms with E-state index < -0.39 is 0 Å². The Morgan fingerprint density at radius 2 is 2.24 bits per heavy atom. The largest absolute Gasteiger partial charge is 0.337 e. The second kappa shape index (κ2) is 4.25. The molecule has 0 bridgehead atoms. The number of nitrogens with zero attached hydrogens (tertiary/aromatic N) is 2. The van der Waals surface area contributed by atoms with E-state index in [1.165, 1.54) is 19.3 Å². The minimum absolute atomic E-state index is 0.355. The monoisotopic (exact) mass is 237 g/mol. The van der Waals surface area contributed by atoms with Crippen molar-refractivity contribution in [3.63, 3.8) is 0 Å². The van der Waals surface area contributed by atoms with Crippen molar-refractivity contribution in [2.45, 2.75) is 32.2 Å². The van der Waals surface area contributed by atoms with Crippen LogP contribution in [0, 0.1) is 5.41 Å². The lowest BCUT2D eigenvalue weighted by Crippen LogP contribution is -2.53. The Kier molecular flexibility index (Phi) is 2.87. The third-order valence-electron chi connectivity index (χ3n) is 4.39. The number of hydrogen-bond donors (Lipinski definition) is 1. The zero-order valence-electron chi connectivity index (χ0n) is 10.7. The van der Waals surface area contributed by atoms with E-state index in [2.05, 4.69) is 22.0 Å². The predicted molar refractivity (Wildman–Crippen MR) is 66.8 cm³/mol. The summed E-state index contributed by atoms with van der Waals surface area (Å²) in [6.07, 6.45) is 3.70. The van der Waals surface area contributed by atoms with E-state index in [0.717, 1.165) is 32.7 Å². The van der Waals surface area contributed by atoms with E-state index in [1.807, 2.05) is 0 Å². The van der Waals surface area contributed by atoms with Gasteiger partial charge in [0.1, 0.15) is 0 Å². The predicted octanol–water partition coefficient (Wildman–Crippen LogP) is 0.293. The number of rotatable bonds is 3. The fourth-order valence-corrected chi connectivity index (χ4v) is 3.19. The Labute approximate surface area is 103 Å². The van der Waals surface area contributed by atoms with Gasteiger partial charge in [-0.3, -0.25) is 9.69 Å². The van der Waals surface area contributed by atoms with Crippen LogP contribution in [0.1, 0.15) is 26.2 Å². The fraction of sp³-hybridized carbons (Fsp3) is 0.923. The van der Waals surface area contributed by atoms with Crippen LogP contribution in [0.4, 0.5) is 0 Å². The summed E-state index contributed by atoms with van der Waals surface area (Å²) in [6, 6.07) is 0.591. The van der Waals surface area contributed by atoms with Gasteiger partial charge in [0.25, 0.3) is 0 Å². The first kappa shape index (κ1) is 11.5. The molecule has 1 atom stereocenters. The van der Waals surface area contributed by atoms with Crippen molar-refractivity contribution in [2.24, 2.45) is 5.41 Å². The highest BCUT2D eigenvalue weighted by Crippen LogP contribution is 2.30. The first-order valence-corrected chi connectivity index (χ1v) is 6.89. The molecule has 1 amide bonds. The first-order valence-electron chi connectivity index (χ1n) is 6.89. The van der Waals surface area contributed by atoms with Crippen LogP contribution in [0.15, 0.2) is 0 Å². The second-order valence-corrected chi connectivity index (χ2v) is 6.27. The topological polar surface area (TPSA) is 35.6 Å². The first-order chi connectivity index (χ1) is 8.16. The average Bonchev–Trinajstić information content (AvgIpc) is 3.02. The smallest absolute Gasteiger partial charge is 0.237 e. The van der Waals surface area contributed by atoms with Crippen molar-refractivity contribution in [1.82, 2.24) is 15.1 Å².